The number of aromatic nitrogens is 2. The summed E-state index contributed by atoms with van der Waals surface area (Å²) in [6.07, 6.45) is -7.50. The number of aliphatic hydroxyl groups is 1. The molecule has 1 aromatic heterocycles. The molecule has 0 aliphatic heterocycles. The molecule has 14 heteroatoms. The van der Waals surface area contributed by atoms with Gasteiger partial charge < -0.3 is 25.2 Å². The summed E-state index contributed by atoms with van der Waals surface area (Å²) in [6.45, 7) is 10.3. The van der Waals surface area contributed by atoms with Gasteiger partial charge in [-0.2, -0.15) is 18.3 Å². The highest BCUT2D eigenvalue weighted by atomic mass is 19.4. The van der Waals surface area contributed by atoms with Gasteiger partial charge in [-0.3, -0.25) is 10.1 Å². The molecule has 3 aromatic carbocycles. The van der Waals surface area contributed by atoms with Crippen LogP contribution in [0.4, 0.5) is 34.1 Å². The van der Waals surface area contributed by atoms with Crippen molar-refractivity contribution in [2.75, 3.05) is 10.6 Å². The number of alkyl halides is 3. The van der Waals surface area contributed by atoms with Crippen LogP contribution < -0.4 is 16.0 Å². The molecule has 4 rings (SSSR count). The number of carbonyl (C=O) groups is 3. The molecule has 1 heterocycles. The van der Waals surface area contributed by atoms with Gasteiger partial charge in [-0.1, -0.05) is 42.5 Å². The highest BCUT2D eigenvalue weighted by Gasteiger charge is 2.36. The van der Waals surface area contributed by atoms with E-state index in [9.17, 15) is 32.7 Å². The number of carbonyl (C=O) groups excluding carboxylic acids is 3. The standard InChI is InChI=1S/C35H38F3N5O6/c1-33(2,3)48-31(46)39-20-21-11-9-14-24(17-21)43-27(19-28(42-43)35(36,37)38)30(45)40-23-13-10-12-22(18-23)29(44)25-15-7-8-16-26(25)41-32(47)49-34(4,5)6/h7-19,29,44H,20H2,1-6H3,(H,39,46)(H,40,45)(H,41,47). The highest BCUT2D eigenvalue weighted by Crippen LogP contribution is 2.32. The summed E-state index contributed by atoms with van der Waals surface area (Å²) < 4.78 is 52.7. The fraction of sp³-hybridized carbons (Fsp3) is 0.314. The number of nitrogens with one attached hydrogen (secondary N) is 3. The Bertz CT molecular complexity index is 1830. The average molecular weight is 682 g/mol. The Morgan fingerprint density at radius 3 is 2.14 bits per heavy atom. The molecule has 0 saturated carbocycles. The molecular formula is C35H38F3N5O6. The topological polar surface area (TPSA) is 144 Å². The van der Waals surface area contributed by atoms with Crippen LogP contribution in [-0.2, 0) is 22.2 Å². The number of halogens is 3. The minimum atomic E-state index is -4.85. The monoisotopic (exact) mass is 681 g/mol. The van der Waals surface area contributed by atoms with Crippen LogP contribution in [-0.4, -0.2) is 44.2 Å². The fourth-order valence-corrected chi connectivity index (χ4v) is 4.59. The maximum atomic E-state index is 13.8. The number of hydrogen-bond acceptors (Lipinski definition) is 7. The predicted octanol–water partition coefficient (Wildman–Crippen LogP) is 7.60. The normalized spacial score (nSPS) is 12.5. The van der Waals surface area contributed by atoms with E-state index in [0.717, 1.165) is 4.68 Å². The minimum absolute atomic E-state index is 0.00320. The largest absolute Gasteiger partial charge is 0.444 e. The fourth-order valence-electron chi connectivity index (χ4n) is 4.59. The second-order valence-electron chi connectivity index (χ2n) is 13.0. The predicted molar refractivity (Wildman–Crippen MR) is 176 cm³/mol. The Morgan fingerprint density at radius 2 is 1.47 bits per heavy atom. The minimum Gasteiger partial charge on any atom is -0.444 e. The molecule has 4 aromatic rings. The molecule has 0 aliphatic carbocycles. The number of alkyl carbamates (subject to hydrolysis) is 1. The van der Waals surface area contributed by atoms with Gasteiger partial charge in [0.2, 0.25) is 0 Å². The van der Waals surface area contributed by atoms with Crippen molar-refractivity contribution >= 4 is 29.5 Å². The molecular weight excluding hydrogens is 643 g/mol. The van der Waals surface area contributed by atoms with Gasteiger partial charge >= 0.3 is 18.4 Å². The van der Waals surface area contributed by atoms with E-state index in [1.54, 1.807) is 90.1 Å². The molecule has 3 amide bonds. The summed E-state index contributed by atoms with van der Waals surface area (Å²) in [7, 11) is 0. The van der Waals surface area contributed by atoms with Crippen LogP contribution >= 0.6 is 0 Å². The average Bonchev–Trinajstić information content (AvgIpc) is 3.45. The lowest BCUT2D eigenvalue weighted by molar-refractivity contribution is -0.141. The number of hydrogen-bond donors (Lipinski definition) is 4. The van der Waals surface area contributed by atoms with Crippen LogP contribution in [0.3, 0.4) is 0 Å². The van der Waals surface area contributed by atoms with Crippen molar-refractivity contribution in [3.63, 3.8) is 0 Å². The van der Waals surface area contributed by atoms with Gasteiger partial charge in [-0.25, -0.2) is 14.3 Å². The SMILES string of the molecule is CC(C)(C)OC(=O)NCc1cccc(-n2nc(C(F)(F)F)cc2C(=O)Nc2cccc(C(O)c3ccccc3NC(=O)OC(C)(C)C)c2)c1. The molecule has 0 aliphatic rings. The number of anilines is 2. The van der Waals surface area contributed by atoms with Crippen LogP contribution in [0.2, 0.25) is 0 Å². The molecule has 260 valence electrons. The first-order valence-electron chi connectivity index (χ1n) is 15.2. The van der Waals surface area contributed by atoms with E-state index in [1.807, 2.05) is 0 Å². The molecule has 49 heavy (non-hydrogen) atoms. The van der Waals surface area contributed by atoms with Gasteiger partial charge in [-0.15, -0.1) is 0 Å². The van der Waals surface area contributed by atoms with Gasteiger partial charge in [0.15, 0.2) is 5.69 Å². The molecule has 4 N–H and O–H groups in total. The van der Waals surface area contributed by atoms with Crippen LogP contribution in [0.5, 0.6) is 0 Å². The Morgan fingerprint density at radius 1 is 0.816 bits per heavy atom. The quantitative estimate of drug-likeness (QED) is 0.150. The molecule has 0 bridgehead atoms. The van der Waals surface area contributed by atoms with E-state index < -0.39 is 53.0 Å². The van der Waals surface area contributed by atoms with Crippen LogP contribution in [0.25, 0.3) is 5.69 Å². The lowest BCUT2D eigenvalue weighted by atomic mass is 9.99. The van der Waals surface area contributed by atoms with E-state index in [0.29, 0.717) is 28.4 Å². The second kappa shape index (κ2) is 14.4. The molecule has 1 atom stereocenters. The van der Waals surface area contributed by atoms with E-state index in [1.165, 1.54) is 24.3 Å². The van der Waals surface area contributed by atoms with Crippen molar-refractivity contribution < 1.29 is 42.1 Å². The lowest BCUT2D eigenvalue weighted by Gasteiger charge is -2.21. The maximum absolute atomic E-state index is 13.8. The number of benzene rings is 3. The van der Waals surface area contributed by atoms with Gasteiger partial charge in [0.25, 0.3) is 5.91 Å². The van der Waals surface area contributed by atoms with Crippen molar-refractivity contribution in [1.82, 2.24) is 15.1 Å². The van der Waals surface area contributed by atoms with E-state index in [-0.39, 0.29) is 17.9 Å². The number of nitrogens with zero attached hydrogens (tertiary/aromatic N) is 2. The first-order chi connectivity index (χ1) is 22.8. The first kappa shape index (κ1) is 36.5. The zero-order chi connectivity index (χ0) is 36.1. The molecule has 0 spiro atoms. The van der Waals surface area contributed by atoms with Crippen LogP contribution in [0.15, 0.2) is 78.9 Å². The number of para-hydroxylation sites is 1. The van der Waals surface area contributed by atoms with E-state index >= 15 is 0 Å². The number of ether oxygens (including phenoxy) is 2. The van der Waals surface area contributed by atoms with Crippen LogP contribution in [0, 0.1) is 0 Å². The van der Waals surface area contributed by atoms with Gasteiger partial charge in [-0.05, 0) is 83.0 Å². The molecule has 11 nitrogen and oxygen atoms in total. The third-order valence-electron chi connectivity index (χ3n) is 6.57. The summed E-state index contributed by atoms with van der Waals surface area (Å²) in [4.78, 5) is 38.0. The molecule has 0 fully saturated rings. The number of aliphatic hydroxyl groups excluding tert-OH is 1. The van der Waals surface area contributed by atoms with Gasteiger partial charge in [0, 0.05) is 23.9 Å². The van der Waals surface area contributed by atoms with E-state index in [2.05, 4.69) is 21.0 Å². The Hall–Kier alpha value is -5.37. The Kier molecular flexibility index (Phi) is 10.7. The van der Waals surface area contributed by atoms with Crippen molar-refractivity contribution in [2.45, 2.75) is 71.6 Å². The molecule has 0 radical (unpaired) electrons. The van der Waals surface area contributed by atoms with Crippen molar-refractivity contribution in [2.24, 2.45) is 0 Å². The van der Waals surface area contributed by atoms with Gasteiger partial charge in [0.1, 0.15) is 23.0 Å². The summed E-state index contributed by atoms with van der Waals surface area (Å²) in [5.41, 5.74) is -1.38. The summed E-state index contributed by atoms with van der Waals surface area (Å²) in [5, 5.41) is 22.7. The Balaban J connectivity index is 1.58. The van der Waals surface area contributed by atoms with Crippen molar-refractivity contribution in [3.8, 4) is 5.69 Å². The second-order valence-corrected chi connectivity index (χ2v) is 13.0. The smallest absolute Gasteiger partial charge is 0.435 e. The van der Waals surface area contributed by atoms with Crippen molar-refractivity contribution in [3.05, 3.63) is 107 Å². The summed E-state index contributed by atoms with van der Waals surface area (Å²) >= 11 is 0. The zero-order valence-electron chi connectivity index (χ0n) is 27.8. The van der Waals surface area contributed by atoms with E-state index in [4.69, 9.17) is 9.47 Å². The number of rotatable bonds is 8. The lowest BCUT2D eigenvalue weighted by Crippen LogP contribution is -2.32. The third-order valence-corrected chi connectivity index (χ3v) is 6.57. The van der Waals surface area contributed by atoms with Crippen molar-refractivity contribution in [1.29, 1.82) is 0 Å². The van der Waals surface area contributed by atoms with Gasteiger partial charge in [0.05, 0.1) is 11.4 Å². The molecule has 0 saturated heterocycles. The third kappa shape index (κ3) is 10.3. The first-order valence-corrected chi connectivity index (χ1v) is 15.2. The highest BCUT2D eigenvalue weighted by molar-refractivity contribution is 6.03. The molecule has 1 unspecified atom stereocenters. The number of amides is 3. The Labute approximate surface area is 281 Å². The van der Waals surface area contributed by atoms with Crippen LogP contribution in [0.1, 0.15) is 80.5 Å². The maximum Gasteiger partial charge on any atom is 0.435 e. The summed E-state index contributed by atoms with van der Waals surface area (Å²) in [6, 6.07) is 19.5. The zero-order valence-corrected chi connectivity index (χ0v) is 27.8. The summed E-state index contributed by atoms with van der Waals surface area (Å²) in [5.74, 6) is -0.904.